The van der Waals surface area contributed by atoms with E-state index in [9.17, 15) is 0 Å². The highest BCUT2D eigenvalue weighted by molar-refractivity contribution is 7.98. The summed E-state index contributed by atoms with van der Waals surface area (Å²) in [5.74, 6) is 0. The third-order valence-electron chi connectivity index (χ3n) is 3.28. The SMILES string of the molecule is CS[C@@H](c1ccccc1)[C@@](C)(N)c1ccccc1. The first-order chi connectivity index (χ1) is 8.66. The van der Waals surface area contributed by atoms with Gasteiger partial charge in [-0.2, -0.15) is 11.8 Å². The smallest absolute Gasteiger partial charge is 0.0542 e. The van der Waals surface area contributed by atoms with E-state index >= 15 is 0 Å². The summed E-state index contributed by atoms with van der Waals surface area (Å²) in [4.78, 5) is 0. The minimum Gasteiger partial charge on any atom is -0.320 e. The molecule has 0 amide bonds. The summed E-state index contributed by atoms with van der Waals surface area (Å²) in [6.07, 6.45) is 2.12. The molecule has 0 bridgehead atoms. The van der Waals surface area contributed by atoms with Gasteiger partial charge in [0, 0.05) is 0 Å². The molecule has 1 nitrogen and oxygen atoms in total. The predicted octanol–water partition coefficient (Wildman–Crippen LogP) is 3.96. The fourth-order valence-corrected chi connectivity index (χ4v) is 3.36. The van der Waals surface area contributed by atoms with Crippen molar-refractivity contribution in [3.8, 4) is 0 Å². The second kappa shape index (κ2) is 5.59. The highest BCUT2D eigenvalue weighted by atomic mass is 32.2. The second-order valence-corrected chi connectivity index (χ2v) is 5.62. The van der Waals surface area contributed by atoms with Crippen molar-refractivity contribution in [2.45, 2.75) is 17.7 Å². The van der Waals surface area contributed by atoms with Gasteiger partial charge in [0.2, 0.25) is 0 Å². The van der Waals surface area contributed by atoms with Crippen LogP contribution < -0.4 is 5.73 Å². The standard InChI is InChI=1S/C16H19NS/c1-16(17,14-11-7-4-8-12-14)15(18-2)13-9-5-3-6-10-13/h3-12,15H,17H2,1-2H3/t15-,16-/m0/s1. The molecule has 2 rings (SSSR count). The zero-order chi connectivity index (χ0) is 13.0. The van der Waals surface area contributed by atoms with Crippen LogP contribution in [0.1, 0.15) is 23.3 Å². The zero-order valence-corrected chi connectivity index (χ0v) is 11.7. The average molecular weight is 257 g/mol. The van der Waals surface area contributed by atoms with Crippen molar-refractivity contribution in [3.63, 3.8) is 0 Å². The van der Waals surface area contributed by atoms with Crippen molar-refractivity contribution in [2.24, 2.45) is 5.73 Å². The topological polar surface area (TPSA) is 26.0 Å². The summed E-state index contributed by atoms with van der Waals surface area (Å²) in [7, 11) is 0. The largest absolute Gasteiger partial charge is 0.320 e. The Hall–Kier alpha value is -1.25. The van der Waals surface area contributed by atoms with Crippen LogP contribution in [0.2, 0.25) is 0 Å². The summed E-state index contributed by atoms with van der Waals surface area (Å²) in [6.45, 7) is 2.11. The van der Waals surface area contributed by atoms with E-state index in [-0.39, 0.29) is 10.8 Å². The molecule has 2 N–H and O–H groups in total. The van der Waals surface area contributed by atoms with Gasteiger partial charge in [-0.3, -0.25) is 0 Å². The van der Waals surface area contributed by atoms with Crippen LogP contribution in [0, 0.1) is 0 Å². The number of hydrogen-bond donors (Lipinski definition) is 1. The third kappa shape index (κ3) is 2.60. The molecule has 0 heterocycles. The molecule has 2 aromatic carbocycles. The predicted molar refractivity (Wildman–Crippen MR) is 80.7 cm³/mol. The molecule has 0 unspecified atom stereocenters. The molecule has 0 saturated carbocycles. The Morgan fingerprint density at radius 2 is 1.44 bits per heavy atom. The molecule has 0 aliphatic carbocycles. The molecule has 0 aliphatic rings. The van der Waals surface area contributed by atoms with Gasteiger partial charge in [-0.05, 0) is 24.3 Å². The number of benzene rings is 2. The van der Waals surface area contributed by atoms with Crippen molar-refractivity contribution < 1.29 is 0 Å². The van der Waals surface area contributed by atoms with Gasteiger partial charge in [0.25, 0.3) is 0 Å². The molecule has 2 heteroatoms. The Bertz CT molecular complexity index is 479. The molecule has 2 atom stereocenters. The number of nitrogens with two attached hydrogens (primary N) is 1. The van der Waals surface area contributed by atoms with Crippen LogP contribution >= 0.6 is 11.8 Å². The van der Waals surface area contributed by atoms with Crippen molar-refractivity contribution in [3.05, 3.63) is 71.8 Å². The quantitative estimate of drug-likeness (QED) is 0.897. The van der Waals surface area contributed by atoms with Gasteiger partial charge < -0.3 is 5.73 Å². The Morgan fingerprint density at radius 1 is 0.944 bits per heavy atom. The molecule has 0 aliphatic heterocycles. The fraction of sp³-hybridized carbons (Fsp3) is 0.250. The lowest BCUT2D eigenvalue weighted by Crippen LogP contribution is -2.38. The monoisotopic (exact) mass is 257 g/mol. The van der Waals surface area contributed by atoms with Crippen LogP contribution in [0.25, 0.3) is 0 Å². The van der Waals surface area contributed by atoms with Gasteiger partial charge in [-0.15, -0.1) is 0 Å². The normalized spacial score (nSPS) is 15.9. The van der Waals surface area contributed by atoms with Gasteiger partial charge in [0.15, 0.2) is 0 Å². The molecule has 94 valence electrons. The average Bonchev–Trinajstić information content (AvgIpc) is 2.41. The van der Waals surface area contributed by atoms with Crippen molar-refractivity contribution in [1.29, 1.82) is 0 Å². The maximum absolute atomic E-state index is 6.60. The van der Waals surface area contributed by atoms with Crippen LogP contribution in [0.3, 0.4) is 0 Å². The van der Waals surface area contributed by atoms with E-state index in [4.69, 9.17) is 5.73 Å². The van der Waals surface area contributed by atoms with Crippen LogP contribution in [-0.2, 0) is 5.54 Å². The molecule has 0 fully saturated rings. The van der Waals surface area contributed by atoms with Crippen molar-refractivity contribution in [1.82, 2.24) is 0 Å². The number of hydrogen-bond acceptors (Lipinski definition) is 2. The lowest BCUT2D eigenvalue weighted by Gasteiger charge is -2.34. The van der Waals surface area contributed by atoms with Crippen LogP contribution in [0.4, 0.5) is 0 Å². The van der Waals surface area contributed by atoms with E-state index in [1.807, 2.05) is 24.3 Å². The van der Waals surface area contributed by atoms with Crippen LogP contribution in [-0.4, -0.2) is 6.26 Å². The fourth-order valence-electron chi connectivity index (χ4n) is 2.30. The Labute approximate surface area is 113 Å². The molecule has 2 aromatic rings. The van der Waals surface area contributed by atoms with E-state index in [2.05, 4.69) is 49.6 Å². The highest BCUT2D eigenvalue weighted by Gasteiger charge is 2.32. The number of rotatable bonds is 4. The van der Waals surface area contributed by atoms with E-state index in [0.717, 1.165) is 0 Å². The molecule has 0 radical (unpaired) electrons. The molecule has 18 heavy (non-hydrogen) atoms. The van der Waals surface area contributed by atoms with Crippen molar-refractivity contribution >= 4 is 11.8 Å². The van der Waals surface area contributed by atoms with E-state index in [1.54, 1.807) is 11.8 Å². The maximum atomic E-state index is 6.60. The maximum Gasteiger partial charge on any atom is 0.0542 e. The van der Waals surface area contributed by atoms with Gasteiger partial charge in [-0.1, -0.05) is 60.7 Å². The summed E-state index contributed by atoms with van der Waals surface area (Å²) < 4.78 is 0. The minimum absolute atomic E-state index is 0.251. The first kappa shape index (κ1) is 13.2. The van der Waals surface area contributed by atoms with Crippen molar-refractivity contribution in [2.75, 3.05) is 6.26 Å². The van der Waals surface area contributed by atoms with E-state index < -0.39 is 0 Å². The summed E-state index contributed by atoms with van der Waals surface area (Å²) in [6, 6.07) is 20.8. The summed E-state index contributed by atoms with van der Waals surface area (Å²) in [5, 5.41) is 0.251. The lowest BCUT2D eigenvalue weighted by molar-refractivity contribution is 0.481. The molecular formula is C16H19NS. The van der Waals surface area contributed by atoms with E-state index in [1.165, 1.54) is 11.1 Å². The Kier molecular flexibility index (Phi) is 4.10. The Balaban J connectivity index is 2.38. The van der Waals surface area contributed by atoms with Crippen LogP contribution in [0.15, 0.2) is 60.7 Å². The molecular weight excluding hydrogens is 238 g/mol. The minimum atomic E-state index is -0.373. The summed E-state index contributed by atoms with van der Waals surface area (Å²) in [5.41, 5.74) is 8.68. The van der Waals surface area contributed by atoms with Crippen LogP contribution in [0.5, 0.6) is 0 Å². The lowest BCUT2D eigenvalue weighted by atomic mass is 9.86. The second-order valence-electron chi connectivity index (χ2n) is 4.68. The zero-order valence-electron chi connectivity index (χ0n) is 10.8. The van der Waals surface area contributed by atoms with Gasteiger partial charge >= 0.3 is 0 Å². The van der Waals surface area contributed by atoms with Gasteiger partial charge in [0.1, 0.15) is 0 Å². The van der Waals surface area contributed by atoms with Gasteiger partial charge in [0.05, 0.1) is 10.8 Å². The van der Waals surface area contributed by atoms with Gasteiger partial charge in [-0.25, -0.2) is 0 Å². The first-order valence-corrected chi connectivity index (χ1v) is 7.37. The number of thioether (sulfide) groups is 1. The molecule has 0 aromatic heterocycles. The summed E-state index contributed by atoms with van der Waals surface area (Å²) >= 11 is 1.80. The Morgan fingerprint density at radius 3 is 1.94 bits per heavy atom. The third-order valence-corrected chi connectivity index (χ3v) is 4.51. The van der Waals surface area contributed by atoms with E-state index in [0.29, 0.717) is 0 Å². The molecule has 0 spiro atoms. The highest BCUT2D eigenvalue weighted by Crippen LogP contribution is 2.41. The first-order valence-electron chi connectivity index (χ1n) is 6.08. The molecule has 0 saturated heterocycles.